The minimum Gasteiger partial charge on any atom is -0.370 e. The van der Waals surface area contributed by atoms with Gasteiger partial charge in [0.25, 0.3) is 0 Å². The molecule has 0 amide bonds. The molecule has 3 rings (SSSR count). The maximum atomic E-state index is 8.86. The highest BCUT2D eigenvalue weighted by Crippen LogP contribution is 2.23. The Morgan fingerprint density at radius 3 is 2.65 bits per heavy atom. The molecule has 23 heavy (non-hydrogen) atoms. The van der Waals surface area contributed by atoms with Gasteiger partial charge in [0.15, 0.2) is 0 Å². The number of rotatable bonds is 4. The molecule has 1 atom stereocenters. The minimum atomic E-state index is 0.428. The molecule has 1 saturated heterocycles. The van der Waals surface area contributed by atoms with Crippen LogP contribution in [0, 0.1) is 11.3 Å². The van der Waals surface area contributed by atoms with Crippen LogP contribution in [0.3, 0.4) is 0 Å². The summed E-state index contributed by atoms with van der Waals surface area (Å²) in [5.41, 5.74) is 2.92. The van der Waals surface area contributed by atoms with Crippen LogP contribution in [-0.2, 0) is 6.54 Å². The van der Waals surface area contributed by atoms with Crippen molar-refractivity contribution in [1.82, 2.24) is 5.32 Å². The first-order valence-electron chi connectivity index (χ1n) is 7.58. The number of nitriles is 1. The van der Waals surface area contributed by atoms with Gasteiger partial charge in [0.05, 0.1) is 11.6 Å². The summed E-state index contributed by atoms with van der Waals surface area (Å²) in [6.07, 6.45) is 1.09. The average molecular weight is 346 g/mol. The quantitative estimate of drug-likeness (QED) is 0.900. The van der Waals surface area contributed by atoms with Crippen molar-refractivity contribution in [3.8, 4) is 6.07 Å². The molecular weight excluding hydrogens is 329 g/mol. The maximum absolute atomic E-state index is 8.86. The zero-order valence-corrected chi connectivity index (χ0v) is 14.1. The third-order valence-corrected chi connectivity index (χ3v) is 4.73. The first-order chi connectivity index (χ1) is 11.2. The van der Waals surface area contributed by atoms with Crippen molar-refractivity contribution >= 4 is 28.9 Å². The minimum absolute atomic E-state index is 0.428. The molecule has 1 aliphatic heterocycles. The van der Waals surface area contributed by atoms with Gasteiger partial charge in [-0.1, -0.05) is 29.3 Å². The van der Waals surface area contributed by atoms with Crippen LogP contribution in [0.1, 0.15) is 17.5 Å². The SMILES string of the molecule is N#Cc1ccc(N2CC[C@H](NCc3ccc(Cl)cc3Cl)C2)cc1. The van der Waals surface area contributed by atoms with E-state index < -0.39 is 0 Å². The summed E-state index contributed by atoms with van der Waals surface area (Å²) in [4.78, 5) is 2.34. The van der Waals surface area contributed by atoms with E-state index in [1.54, 1.807) is 6.07 Å². The van der Waals surface area contributed by atoms with Crippen LogP contribution in [0.4, 0.5) is 5.69 Å². The molecule has 2 aromatic rings. The van der Waals surface area contributed by atoms with E-state index in [1.165, 1.54) is 0 Å². The van der Waals surface area contributed by atoms with Gasteiger partial charge in [0.2, 0.25) is 0 Å². The molecule has 0 spiro atoms. The summed E-state index contributed by atoms with van der Waals surface area (Å²) in [7, 11) is 0. The normalized spacial score (nSPS) is 17.3. The number of anilines is 1. The fraction of sp³-hybridized carbons (Fsp3) is 0.278. The van der Waals surface area contributed by atoms with Crippen LogP contribution in [-0.4, -0.2) is 19.1 Å². The first-order valence-corrected chi connectivity index (χ1v) is 8.34. The molecule has 2 aromatic carbocycles. The Hall–Kier alpha value is -1.73. The summed E-state index contributed by atoms with van der Waals surface area (Å²) >= 11 is 12.1. The second-order valence-corrected chi connectivity index (χ2v) is 6.55. The van der Waals surface area contributed by atoms with E-state index in [-0.39, 0.29) is 0 Å². The van der Waals surface area contributed by atoms with Crippen molar-refractivity contribution in [3.05, 3.63) is 63.6 Å². The predicted molar refractivity (Wildman–Crippen MR) is 95.1 cm³/mol. The van der Waals surface area contributed by atoms with E-state index in [0.717, 1.165) is 37.3 Å². The topological polar surface area (TPSA) is 39.1 Å². The Balaban J connectivity index is 1.56. The number of hydrogen-bond acceptors (Lipinski definition) is 3. The van der Waals surface area contributed by atoms with Gasteiger partial charge >= 0.3 is 0 Å². The Morgan fingerprint density at radius 1 is 1.17 bits per heavy atom. The lowest BCUT2D eigenvalue weighted by molar-refractivity contribution is 0.551. The fourth-order valence-corrected chi connectivity index (χ4v) is 3.30. The highest BCUT2D eigenvalue weighted by molar-refractivity contribution is 6.35. The molecule has 1 N–H and O–H groups in total. The zero-order chi connectivity index (χ0) is 16.2. The van der Waals surface area contributed by atoms with Gasteiger partial charge in [-0.3, -0.25) is 0 Å². The zero-order valence-electron chi connectivity index (χ0n) is 12.6. The molecular formula is C18H17Cl2N3. The summed E-state index contributed by atoms with van der Waals surface area (Å²) < 4.78 is 0. The molecule has 3 nitrogen and oxygen atoms in total. The van der Waals surface area contributed by atoms with E-state index in [2.05, 4.69) is 16.3 Å². The first kappa shape index (κ1) is 16.1. The van der Waals surface area contributed by atoms with E-state index in [4.69, 9.17) is 28.5 Å². The second kappa shape index (κ2) is 7.23. The van der Waals surface area contributed by atoms with E-state index in [9.17, 15) is 0 Å². The largest absolute Gasteiger partial charge is 0.370 e. The van der Waals surface area contributed by atoms with Crippen LogP contribution in [0.2, 0.25) is 10.0 Å². The van der Waals surface area contributed by atoms with Crippen molar-refractivity contribution in [3.63, 3.8) is 0 Å². The highest BCUT2D eigenvalue weighted by atomic mass is 35.5. The number of nitrogens with one attached hydrogen (secondary N) is 1. The van der Waals surface area contributed by atoms with Crippen LogP contribution >= 0.6 is 23.2 Å². The summed E-state index contributed by atoms with van der Waals surface area (Å²) in [5.74, 6) is 0. The van der Waals surface area contributed by atoms with Gasteiger partial charge in [0, 0.05) is 41.4 Å². The van der Waals surface area contributed by atoms with Crippen molar-refractivity contribution in [2.24, 2.45) is 0 Å². The molecule has 0 saturated carbocycles. The number of benzene rings is 2. The Kier molecular flexibility index (Phi) is 5.07. The molecule has 0 radical (unpaired) electrons. The third-order valence-electron chi connectivity index (χ3n) is 4.15. The van der Waals surface area contributed by atoms with Gasteiger partial charge in [-0.25, -0.2) is 0 Å². The molecule has 118 valence electrons. The van der Waals surface area contributed by atoms with Gasteiger partial charge in [-0.15, -0.1) is 0 Å². The summed E-state index contributed by atoms with van der Waals surface area (Å²) in [6.45, 7) is 2.71. The Labute approximate surface area is 146 Å². The smallest absolute Gasteiger partial charge is 0.0991 e. The van der Waals surface area contributed by atoms with Crippen molar-refractivity contribution in [2.75, 3.05) is 18.0 Å². The van der Waals surface area contributed by atoms with Gasteiger partial charge in [0.1, 0.15) is 0 Å². The molecule has 1 aliphatic rings. The summed E-state index contributed by atoms with van der Waals surface area (Å²) in [6, 6.07) is 15.9. The van der Waals surface area contributed by atoms with Gasteiger partial charge < -0.3 is 10.2 Å². The molecule has 0 aliphatic carbocycles. The highest BCUT2D eigenvalue weighted by Gasteiger charge is 2.22. The van der Waals surface area contributed by atoms with E-state index in [1.807, 2.05) is 36.4 Å². The fourth-order valence-electron chi connectivity index (χ4n) is 2.83. The van der Waals surface area contributed by atoms with Crippen LogP contribution in [0.15, 0.2) is 42.5 Å². The lowest BCUT2D eigenvalue weighted by Crippen LogP contribution is -2.32. The van der Waals surface area contributed by atoms with Crippen molar-refractivity contribution < 1.29 is 0 Å². The monoisotopic (exact) mass is 345 g/mol. The maximum Gasteiger partial charge on any atom is 0.0991 e. The Morgan fingerprint density at radius 2 is 1.96 bits per heavy atom. The molecule has 0 aromatic heterocycles. The molecule has 1 fully saturated rings. The van der Waals surface area contributed by atoms with Crippen molar-refractivity contribution in [1.29, 1.82) is 5.26 Å². The lowest BCUT2D eigenvalue weighted by Gasteiger charge is -2.19. The van der Waals surface area contributed by atoms with Crippen LogP contribution in [0.5, 0.6) is 0 Å². The molecule has 1 heterocycles. The lowest BCUT2D eigenvalue weighted by atomic mass is 10.2. The standard InChI is InChI=1S/C18H17Cl2N3/c19-15-4-3-14(18(20)9-15)11-22-16-7-8-23(12-16)17-5-1-13(10-21)2-6-17/h1-6,9,16,22H,7-8,11-12H2/t16-/m0/s1. The van der Waals surface area contributed by atoms with E-state index in [0.29, 0.717) is 21.7 Å². The number of hydrogen-bond donors (Lipinski definition) is 1. The van der Waals surface area contributed by atoms with Crippen molar-refractivity contribution in [2.45, 2.75) is 19.0 Å². The summed E-state index contributed by atoms with van der Waals surface area (Å²) in [5, 5.41) is 13.8. The molecule has 0 unspecified atom stereocenters. The van der Waals surface area contributed by atoms with Crippen LogP contribution in [0.25, 0.3) is 0 Å². The van der Waals surface area contributed by atoms with Gasteiger partial charge in [-0.2, -0.15) is 5.26 Å². The molecule has 5 heteroatoms. The third kappa shape index (κ3) is 3.97. The predicted octanol–water partition coefficient (Wildman–Crippen LogP) is 4.23. The second-order valence-electron chi connectivity index (χ2n) is 5.71. The average Bonchev–Trinajstić information content (AvgIpc) is 3.03. The van der Waals surface area contributed by atoms with Gasteiger partial charge in [-0.05, 0) is 48.4 Å². The number of halogens is 2. The van der Waals surface area contributed by atoms with E-state index >= 15 is 0 Å². The van der Waals surface area contributed by atoms with Crippen LogP contribution < -0.4 is 10.2 Å². The molecule has 0 bridgehead atoms. The Bertz CT molecular complexity index is 722. The number of nitrogens with zero attached hydrogens (tertiary/aromatic N) is 2.